The predicted octanol–water partition coefficient (Wildman–Crippen LogP) is 2.03. The van der Waals surface area contributed by atoms with Gasteiger partial charge in [-0.3, -0.25) is 4.90 Å². The molecule has 0 saturated carbocycles. The second-order valence-electron chi connectivity index (χ2n) is 4.97. The molecule has 2 saturated heterocycles. The molecule has 1 aromatic rings. The van der Waals surface area contributed by atoms with E-state index >= 15 is 0 Å². The van der Waals surface area contributed by atoms with Gasteiger partial charge in [0.25, 0.3) is 0 Å². The van der Waals surface area contributed by atoms with Gasteiger partial charge < -0.3 is 5.32 Å². The average molecular weight is 237 g/mol. The molecule has 2 bridgehead atoms. The third kappa shape index (κ3) is 2.01. The fourth-order valence-electron chi connectivity index (χ4n) is 2.92. The van der Waals surface area contributed by atoms with E-state index in [2.05, 4.69) is 27.5 Å². The summed E-state index contributed by atoms with van der Waals surface area (Å²) < 4.78 is 0. The minimum Gasteiger partial charge on any atom is -0.310 e. The van der Waals surface area contributed by atoms with E-state index in [-0.39, 0.29) is 0 Å². The zero-order valence-corrected chi connectivity index (χ0v) is 10.5. The molecular formula is C12H19N3S. The van der Waals surface area contributed by atoms with Crippen LogP contribution in [0.4, 0.5) is 0 Å². The molecule has 1 aromatic heterocycles. The van der Waals surface area contributed by atoms with Crippen LogP contribution in [0.5, 0.6) is 0 Å². The van der Waals surface area contributed by atoms with Gasteiger partial charge in [0.1, 0.15) is 5.01 Å². The van der Waals surface area contributed by atoms with Crippen molar-refractivity contribution in [2.75, 3.05) is 13.1 Å². The fourth-order valence-corrected chi connectivity index (χ4v) is 3.65. The van der Waals surface area contributed by atoms with Crippen molar-refractivity contribution >= 4 is 11.3 Å². The Bertz CT molecular complexity index is 338. The smallest absolute Gasteiger partial charge is 0.109 e. The number of fused-ring (bicyclic) bond motifs is 2. The van der Waals surface area contributed by atoms with E-state index in [4.69, 9.17) is 0 Å². The Hall–Kier alpha value is -0.450. The zero-order valence-electron chi connectivity index (χ0n) is 9.72. The minimum absolute atomic E-state index is 0.487. The van der Waals surface area contributed by atoms with E-state index in [0.717, 1.165) is 12.1 Å². The Balaban J connectivity index is 1.70. The molecule has 88 valence electrons. The van der Waals surface area contributed by atoms with E-state index in [1.54, 1.807) is 11.3 Å². The molecule has 16 heavy (non-hydrogen) atoms. The molecule has 3 rings (SSSR count). The highest BCUT2D eigenvalue weighted by atomic mass is 32.1. The zero-order chi connectivity index (χ0) is 11.0. The highest BCUT2D eigenvalue weighted by Crippen LogP contribution is 2.27. The molecule has 0 spiro atoms. The predicted molar refractivity (Wildman–Crippen MR) is 66.7 cm³/mol. The lowest BCUT2D eigenvalue weighted by Crippen LogP contribution is -2.36. The van der Waals surface area contributed by atoms with Crippen LogP contribution < -0.4 is 5.32 Å². The van der Waals surface area contributed by atoms with Gasteiger partial charge in [-0.25, -0.2) is 4.98 Å². The maximum absolute atomic E-state index is 4.44. The molecule has 3 nitrogen and oxygen atoms in total. The molecule has 2 fully saturated rings. The van der Waals surface area contributed by atoms with Gasteiger partial charge in [0.15, 0.2) is 0 Å². The normalized spacial score (nSPS) is 32.6. The van der Waals surface area contributed by atoms with Crippen LogP contribution >= 0.6 is 11.3 Å². The van der Waals surface area contributed by atoms with Crippen LogP contribution in [0.3, 0.4) is 0 Å². The molecule has 3 unspecified atom stereocenters. The van der Waals surface area contributed by atoms with Gasteiger partial charge in [0, 0.05) is 36.8 Å². The lowest BCUT2D eigenvalue weighted by molar-refractivity contribution is 0.199. The van der Waals surface area contributed by atoms with Crippen molar-refractivity contribution < 1.29 is 0 Å². The van der Waals surface area contributed by atoms with E-state index in [9.17, 15) is 0 Å². The van der Waals surface area contributed by atoms with Crippen LogP contribution in [0.1, 0.15) is 37.2 Å². The molecule has 3 atom stereocenters. The van der Waals surface area contributed by atoms with Gasteiger partial charge in [0.05, 0.1) is 6.04 Å². The summed E-state index contributed by atoms with van der Waals surface area (Å²) in [5.74, 6) is 0. The Morgan fingerprint density at radius 2 is 2.31 bits per heavy atom. The maximum atomic E-state index is 4.44. The maximum Gasteiger partial charge on any atom is 0.109 e. The Morgan fingerprint density at radius 1 is 1.44 bits per heavy atom. The van der Waals surface area contributed by atoms with Crippen molar-refractivity contribution in [1.82, 2.24) is 15.2 Å². The van der Waals surface area contributed by atoms with Gasteiger partial charge in [-0.1, -0.05) is 0 Å². The second kappa shape index (κ2) is 4.43. The van der Waals surface area contributed by atoms with E-state index in [0.29, 0.717) is 6.04 Å². The van der Waals surface area contributed by atoms with Gasteiger partial charge in [-0.2, -0.15) is 0 Å². The van der Waals surface area contributed by atoms with Gasteiger partial charge in [0.2, 0.25) is 0 Å². The standard InChI is InChI=1S/C12H19N3S/c1-9(12-13-5-7-16-12)15-6-4-10-2-3-11(8-15)14-10/h5,7,9-11,14H,2-4,6,8H2,1H3. The summed E-state index contributed by atoms with van der Waals surface area (Å²) in [6.07, 6.45) is 5.95. The highest BCUT2D eigenvalue weighted by molar-refractivity contribution is 7.09. The molecule has 2 aliphatic heterocycles. The molecule has 1 N–H and O–H groups in total. The average Bonchev–Trinajstić information content (AvgIpc) is 2.87. The number of nitrogens with one attached hydrogen (secondary N) is 1. The summed E-state index contributed by atoms with van der Waals surface area (Å²) in [5, 5.41) is 7.06. The number of rotatable bonds is 2. The Kier molecular flexibility index (Phi) is 2.96. The first-order valence-corrected chi connectivity index (χ1v) is 7.10. The van der Waals surface area contributed by atoms with Crippen LogP contribution in [-0.4, -0.2) is 35.1 Å². The van der Waals surface area contributed by atoms with Gasteiger partial charge in [-0.15, -0.1) is 11.3 Å². The molecule has 3 heterocycles. The van der Waals surface area contributed by atoms with E-state index in [1.165, 1.54) is 37.4 Å². The van der Waals surface area contributed by atoms with Crippen molar-refractivity contribution in [3.05, 3.63) is 16.6 Å². The molecule has 0 radical (unpaired) electrons. The summed E-state index contributed by atoms with van der Waals surface area (Å²) in [7, 11) is 0. The Labute approximate surface area is 101 Å². The summed E-state index contributed by atoms with van der Waals surface area (Å²) in [6, 6.07) is 1.98. The van der Waals surface area contributed by atoms with Gasteiger partial charge >= 0.3 is 0 Å². The van der Waals surface area contributed by atoms with Crippen LogP contribution in [0.15, 0.2) is 11.6 Å². The number of aromatic nitrogens is 1. The fraction of sp³-hybridized carbons (Fsp3) is 0.750. The first-order valence-electron chi connectivity index (χ1n) is 6.22. The van der Waals surface area contributed by atoms with Crippen molar-refractivity contribution in [3.8, 4) is 0 Å². The number of hydrogen-bond acceptors (Lipinski definition) is 4. The summed E-state index contributed by atoms with van der Waals surface area (Å²) >= 11 is 1.78. The first kappa shape index (κ1) is 10.7. The molecule has 0 amide bonds. The second-order valence-corrected chi connectivity index (χ2v) is 5.89. The Morgan fingerprint density at radius 3 is 3.12 bits per heavy atom. The lowest BCUT2D eigenvalue weighted by atomic mass is 10.1. The molecular weight excluding hydrogens is 218 g/mol. The lowest BCUT2D eigenvalue weighted by Gasteiger charge is -2.28. The number of thiazole rings is 1. The third-order valence-electron chi connectivity index (χ3n) is 3.91. The van der Waals surface area contributed by atoms with Crippen LogP contribution in [-0.2, 0) is 0 Å². The topological polar surface area (TPSA) is 28.2 Å². The first-order chi connectivity index (χ1) is 7.83. The van der Waals surface area contributed by atoms with Crippen LogP contribution in [0.2, 0.25) is 0 Å². The number of hydrogen-bond donors (Lipinski definition) is 1. The summed E-state index contributed by atoms with van der Waals surface area (Å²) in [6.45, 7) is 4.70. The van der Waals surface area contributed by atoms with Crippen molar-refractivity contribution in [2.24, 2.45) is 0 Å². The summed E-state index contributed by atoms with van der Waals surface area (Å²) in [4.78, 5) is 7.03. The van der Waals surface area contributed by atoms with Crippen molar-refractivity contribution in [3.63, 3.8) is 0 Å². The van der Waals surface area contributed by atoms with Crippen molar-refractivity contribution in [2.45, 2.75) is 44.3 Å². The van der Waals surface area contributed by atoms with Crippen molar-refractivity contribution in [1.29, 1.82) is 0 Å². The molecule has 0 aliphatic carbocycles. The van der Waals surface area contributed by atoms with Crippen LogP contribution in [0.25, 0.3) is 0 Å². The SMILES string of the molecule is CC(c1nccs1)N1CCC2CCC(C1)N2. The largest absolute Gasteiger partial charge is 0.310 e. The monoisotopic (exact) mass is 237 g/mol. The highest BCUT2D eigenvalue weighted by Gasteiger charge is 2.31. The van der Waals surface area contributed by atoms with Crippen LogP contribution in [0, 0.1) is 0 Å². The third-order valence-corrected chi connectivity index (χ3v) is 4.86. The van der Waals surface area contributed by atoms with E-state index < -0.39 is 0 Å². The van der Waals surface area contributed by atoms with Gasteiger partial charge in [-0.05, 0) is 26.2 Å². The minimum atomic E-state index is 0.487. The number of nitrogens with zero attached hydrogens (tertiary/aromatic N) is 2. The number of likely N-dealkylation sites (tertiary alicyclic amines) is 1. The molecule has 0 aromatic carbocycles. The summed E-state index contributed by atoms with van der Waals surface area (Å²) in [5.41, 5.74) is 0. The quantitative estimate of drug-likeness (QED) is 0.853. The van der Waals surface area contributed by atoms with E-state index in [1.807, 2.05) is 6.20 Å². The molecule has 2 aliphatic rings. The molecule has 4 heteroatoms.